The number of thiophene rings is 1. The number of hydrogen-bond donors (Lipinski definition) is 1. The molecule has 1 N–H and O–H groups in total. The highest BCUT2D eigenvalue weighted by Gasteiger charge is 2.13. The van der Waals surface area contributed by atoms with Crippen molar-refractivity contribution in [1.29, 1.82) is 0 Å². The van der Waals surface area contributed by atoms with E-state index >= 15 is 0 Å². The summed E-state index contributed by atoms with van der Waals surface area (Å²) in [6.07, 6.45) is 5.20. The lowest BCUT2D eigenvalue weighted by Gasteiger charge is -2.08. The van der Waals surface area contributed by atoms with Gasteiger partial charge < -0.3 is 5.32 Å². The maximum absolute atomic E-state index is 12.7. The van der Waals surface area contributed by atoms with Gasteiger partial charge in [0.1, 0.15) is 0 Å². The van der Waals surface area contributed by atoms with Crippen molar-refractivity contribution in [2.24, 2.45) is 0 Å². The van der Waals surface area contributed by atoms with Gasteiger partial charge in [0.15, 0.2) is 0 Å². The number of carbonyl (C=O) groups excluding carboxylic acids is 1. The highest BCUT2D eigenvalue weighted by atomic mass is 79.9. The van der Waals surface area contributed by atoms with Crippen molar-refractivity contribution in [3.8, 4) is 0 Å². The molecule has 114 valence electrons. The fourth-order valence-corrected chi connectivity index (χ4v) is 3.04. The summed E-state index contributed by atoms with van der Waals surface area (Å²) in [4.78, 5) is 17.6. The Morgan fingerprint density at radius 3 is 2.61 bits per heavy atom. The van der Waals surface area contributed by atoms with Crippen LogP contribution < -0.4 is 5.32 Å². The van der Waals surface area contributed by atoms with Crippen molar-refractivity contribution in [1.82, 2.24) is 4.98 Å². The maximum atomic E-state index is 12.7. The van der Waals surface area contributed by atoms with Gasteiger partial charge in [0.25, 0.3) is 5.91 Å². The van der Waals surface area contributed by atoms with E-state index < -0.39 is 0 Å². The molecule has 3 aromatic rings. The van der Waals surface area contributed by atoms with Crippen LogP contribution in [-0.4, -0.2) is 10.9 Å². The topological polar surface area (TPSA) is 42.0 Å². The number of hydrogen-bond acceptors (Lipinski definition) is 3. The first kappa shape index (κ1) is 15.6. The highest BCUT2D eigenvalue weighted by molar-refractivity contribution is 9.10. The largest absolute Gasteiger partial charge is 0.321 e. The third-order valence-electron chi connectivity index (χ3n) is 3.13. The van der Waals surface area contributed by atoms with E-state index in [0.29, 0.717) is 11.3 Å². The summed E-state index contributed by atoms with van der Waals surface area (Å²) >= 11 is 4.96. The predicted octanol–water partition coefficient (Wildman–Crippen LogP) is 5.08. The molecule has 0 saturated carbocycles. The highest BCUT2D eigenvalue weighted by Crippen LogP contribution is 2.25. The number of halogens is 1. The van der Waals surface area contributed by atoms with Crippen LogP contribution in [-0.2, 0) is 4.79 Å². The number of aromatic nitrogens is 1. The molecule has 3 nitrogen and oxygen atoms in total. The Balaban J connectivity index is 1.93. The summed E-state index contributed by atoms with van der Waals surface area (Å²) in [5, 5.41) is 4.85. The van der Waals surface area contributed by atoms with Gasteiger partial charge in [0.2, 0.25) is 0 Å². The van der Waals surface area contributed by atoms with E-state index in [1.54, 1.807) is 18.5 Å². The van der Waals surface area contributed by atoms with E-state index in [-0.39, 0.29) is 5.91 Å². The zero-order chi connectivity index (χ0) is 16.1. The van der Waals surface area contributed by atoms with E-state index in [1.807, 2.05) is 53.9 Å². The van der Waals surface area contributed by atoms with Crippen molar-refractivity contribution in [3.63, 3.8) is 0 Å². The molecule has 0 unspecified atom stereocenters. The first-order chi connectivity index (χ1) is 11.2. The molecule has 1 aromatic carbocycles. The lowest BCUT2D eigenvalue weighted by molar-refractivity contribution is -0.111. The Labute approximate surface area is 146 Å². The van der Waals surface area contributed by atoms with Gasteiger partial charge >= 0.3 is 0 Å². The Bertz CT molecular complexity index is 812. The monoisotopic (exact) mass is 384 g/mol. The molecule has 0 fully saturated rings. The van der Waals surface area contributed by atoms with E-state index in [9.17, 15) is 4.79 Å². The second-order valence-corrected chi connectivity index (χ2v) is 6.65. The molecular formula is C18H13BrN2OS. The molecule has 0 aliphatic carbocycles. The number of pyridine rings is 1. The molecule has 0 spiro atoms. The second-order valence-electron chi connectivity index (χ2n) is 4.78. The molecule has 3 rings (SSSR count). The van der Waals surface area contributed by atoms with Gasteiger partial charge in [-0.1, -0.05) is 34.1 Å². The Morgan fingerprint density at radius 2 is 1.96 bits per heavy atom. The number of nitrogens with one attached hydrogen (secondary N) is 1. The van der Waals surface area contributed by atoms with Crippen LogP contribution in [0.1, 0.15) is 10.4 Å². The molecule has 0 radical (unpaired) electrons. The molecule has 23 heavy (non-hydrogen) atoms. The summed E-state index contributed by atoms with van der Waals surface area (Å²) in [6.45, 7) is 0. The lowest BCUT2D eigenvalue weighted by Crippen LogP contribution is -2.13. The van der Waals surface area contributed by atoms with Gasteiger partial charge in [-0.05, 0) is 47.4 Å². The van der Waals surface area contributed by atoms with E-state index in [4.69, 9.17) is 0 Å². The van der Waals surface area contributed by atoms with E-state index in [1.165, 1.54) is 11.3 Å². The fourth-order valence-electron chi connectivity index (χ4n) is 2.04. The molecule has 0 bridgehead atoms. The zero-order valence-corrected chi connectivity index (χ0v) is 14.5. The Hall–Kier alpha value is -2.24. The smallest absolute Gasteiger partial charge is 0.257 e. The Morgan fingerprint density at radius 1 is 1.13 bits per heavy atom. The standard InChI is InChI=1S/C18H13BrN2OS/c19-14-7-5-13(6-8-14)11-16(17-4-2-10-23-17)18(22)21-15-3-1-9-20-12-15/h1-12H,(H,21,22)/b16-11+. The molecule has 0 aliphatic heterocycles. The van der Waals surface area contributed by atoms with Gasteiger partial charge in [-0.15, -0.1) is 11.3 Å². The van der Waals surface area contributed by atoms with Gasteiger partial charge in [0.05, 0.1) is 17.5 Å². The van der Waals surface area contributed by atoms with Gasteiger partial charge in [-0.3, -0.25) is 9.78 Å². The number of amides is 1. The number of nitrogens with zero attached hydrogens (tertiary/aromatic N) is 1. The molecule has 2 aromatic heterocycles. The zero-order valence-electron chi connectivity index (χ0n) is 12.1. The second kappa shape index (κ2) is 7.35. The summed E-state index contributed by atoms with van der Waals surface area (Å²) < 4.78 is 1.01. The van der Waals surface area contributed by atoms with Crippen LogP contribution in [0.25, 0.3) is 11.6 Å². The molecule has 2 heterocycles. The quantitative estimate of drug-likeness (QED) is 0.636. The summed E-state index contributed by atoms with van der Waals surface area (Å²) in [6, 6.07) is 15.3. The van der Waals surface area contributed by atoms with E-state index in [0.717, 1.165) is 14.9 Å². The van der Waals surface area contributed by atoms with Crippen molar-refractivity contribution >= 4 is 50.5 Å². The summed E-state index contributed by atoms with van der Waals surface area (Å²) in [5.41, 5.74) is 2.28. The normalized spacial score (nSPS) is 11.3. The molecular weight excluding hydrogens is 372 g/mol. The Kier molecular flexibility index (Phi) is 5.00. The third kappa shape index (κ3) is 4.15. The van der Waals surface area contributed by atoms with Crippen LogP contribution in [0.15, 0.2) is 70.8 Å². The maximum Gasteiger partial charge on any atom is 0.257 e. The fraction of sp³-hybridized carbons (Fsp3) is 0. The van der Waals surface area contributed by atoms with Crippen LogP contribution in [0.5, 0.6) is 0 Å². The van der Waals surface area contributed by atoms with Crippen molar-refractivity contribution in [2.45, 2.75) is 0 Å². The molecule has 1 amide bonds. The third-order valence-corrected chi connectivity index (χ3v) is 4.56. The lowest BCUT2D eigenvalue weighted by atomic mass is 10.1. The first-order valence-electron chi connectivity index (χ1n) is 6.95. The SMILES string of the molecule is O=C(Nc1cccnc1)/C(=C/c1ccc(Br)cc1)c1cccs1. The van der Waals surface area contributed by atoms with Gasteiger partial charge in [-0.2, -0.15) is 0 Å². The number of rotatable bonds is 4. The number of benzene rings is 1. The van der Waals surface area contributed by atoms with Gasteiger partial charge in [-0.25, -0.2) is 0 Å². The number of carbonyl (C=O) groups is 1. The minimum Gasteiger partial charge on any atom is -0.321 e. The summed E-state index contributed by atoms with van der Waals surface area (Å²) in [5.74, 6) is -0.150. The van der Waals surface area contributed by atoms with Crippen LogP contribution in [0.2, 0.25) is 0 Å². The molecule has 5 heteroatoms. The summed E-state index contributed by atoms with van der Waals surface area (Å²) in [7, 11) is 0. The predicted molar refractivity (Wildman–Crippen MR) is 99.2 cm³/mol. The van der Waals surface area contributed by atoms with E-state index in [2.05, 4.69) is 26.2 Å². The minimum atomic E-state index is -0.150. The van der Waals surface area contributed by atoms with Gasteiger partial charge in [0, 0.05) is 15.5 Å². The van der Waals surface area contributed by atoms with Crippen LogP contribution >= 0.6 is 27.3 Å². The van der Waals surface area contributed by atoms with Crippen LogP contribution in [0.3, 0.4) is 0 Å². The molecule has 0 atom stereocenters. The average Bonchev–Trinajstić information content (AvgIpc) is 3.09. The minimum absolute atomic E-state index is 0.150. The van der Waals surface area contributed by atoms with Crippen molar-refractivity contribution in [2.75, 3.05) is 5.32 Å². The molecule has 0 saturated heterocycles. The molecule has 0 aliphatic rings. The average molecular weight is 385 g/mol. The number of anilines is 1. The van der Waals surface area contributed by atoms with Crippen LogP contribution in [0, 0.1) is 0 Å². The first-order valence-corrected chi connectivity index (χ1v) is 8.62. The van der Waals surface area contributed by atoms with Crippen molar-refractivity contribution in [3.05, 3.63) is 81.2 Å². The van der Waals surface area contributed by atoms with Crippen LogP contribution in [0.4, 0.5) is 5.69 Å². The van der Waals surface area contributed by atoms with Crippen molar-refractivity contribution < 1.29 is 4.79 Å².